The molecule has 1 aromatic heterocycles. The normalized spacial score (nSPS) is 21.4. The molecule has 0 unspecified atom stereocenters. The third kappa shape index (κ3) is 5.20. The van der Waals surface area contributed by atoms with Crippen molar-refractivity contribution in [3.8, 4) is 5.75 Å². The first-order valence-corrected chi connectivity index (χ1v) is 12.6. The van der Waals surface area contributed by atoms with Gasteiger partial charge in [-0.25, -0.2) is 4.79 Å². The fourth-order valence-corrected chi connectivity index (χ4v) is 5.46. The van der Waals surface area contributed by atoms with E-state index in [0.717, 1.165) is 23.8 Å². The number of furan rings is 1. The maximum atomic E-state index is 13.3. The topological polar surface area (TPSA) is 81.0 Å². The molecule has 1 saturated heterocycles. The Hall–Kier alpha value is -3.48. The van der Waals surface area contributed by atoms with E-state index in [1.165, 1.54) is 0 Å². The fraction of sp³-hybridized carbons (Fsp3) is 0.448. The van der Waals surface area contributed by atoms with Gasteiger partial charge in [-0.2, -0.15) is 0 Å². The van der Waals surface area contributed by atoms with Gasteiger partial charge in [-0.3, -0.25) is 4.79 Å². The number of rotatable bonds is 5. The summed E-state index contributed by atoms with van der Waals surface area (Å²) in [6.45, 7) is 9.29. The van der Waals surface area contributed by atoms with E-state index in [0.29, 0.717) is 54.2 Å². The number of carbonyl (C=O) groups excluding carboxylic acids is 2. The van der Waals surface area contributed by atoms with E-state index in [9.17, 15) is 9.59 Å². The van der Waals surface area contributed by atoms with E-state index in [4.69, 9.17) is 13.9 Å². The molecule has 1 aliphatic heterocycles. The Morgan fingerprint density at radius 3 is 2.42 bits per heavy atom. The van der Waals surface area contributed by atoms with Gasteiger partial charge >= 0.3 is 6.09 Å². The summed E-state index contributed by atoms with van der Waals surface area (Å²) in [6.07, 6.45) is 1.47. The Balaban J connectivity index is 1.22. The molecule has 190 valence electrons. The molecule has 2 aliphatic rings. The monoisotopic (exact) mass is 490 g/mol. The highest BCUT2D eigenvalue weighted by atomic mass is 16.6. The molecule has 7 nitrogen and oxygen atoms in total. The second-order valence-corrected chi connectivity index (χ2v) is 11.0. The average molecular weight is 491 g/mol. The minimum Gasteiger partial charge on any atom is -0.489 e. The van der Waals surface area contributed by atoms with Crippen LogP contribution in [-0.4, -0.2) is 41.6 Å². The predicted molar refractivity (Wildman–Crippen MR) is 137 cm³/mol. The molecule has 1 aliphatic carbocycles. The smallest absolute Gasteiger partial charge is 0.410 e. The lowest BCUT2D eigenvalue weighted by molar-refractivity contribution is 0.0278. The van der Waals surface area contributed by atoms with Crippen molar-refractivity contribution in [2.45, 2.75) is 58.8 Å². The Kier molecular flexibility index (Phi) is 6.41. The number of hydrogen-bond donors (Lipinski definition) is 1. The molecule has 1 saturated carbocycles. The molecule has 3 atom stereocenters. The highest BCUT2D eigenvalue weighted by Crippen LogP contribution is 2.39. The summed E-state index contributed by atoms with van der Waals surface area (Å²) in [4.78, 5) is 27.6. The maximum Gasteiger partial charge on any atom is 0.410 e. The van der Waals surface area contributed by atoms with Crippen LogP contribution in [0.2, 0.25) is 0 Å². The van der Waals surface area contributed by atoms with E-state index in [1.54, 1.807) is 0 Å². The molecule has 36 heavy (non-hydrogen) atoms. The molecule has 0 bridgehead atoms. The fourth-order valence-electron chi connectivity index (χ4n) is 5.46. The minimum absolute atomic E-state index is 0.0788. The van der Waals surface area contributed by atoms with E-state index >= 15 is 0 Å². The van der Waals surface area contributed by atoms with Crippen molar-refractivity contribution in [3.63, 3.8) is 0 Å². The number of benzene rings is 2. The van der Waals surface area contributed by atoms with Gasteiger partial charge in [0.15, 0.2) is 0 Å². The van der Waals surface area contributed by atoms with Crippen LogP contribution in [0, 0.1) is 18.8 Å². The predicted octanol–water partition coefficient (Wildman–Crippen LogP) is 5.70. The molecule has 1 N–H and O–H groups in total. The number of nitrogens with zero attached hydrogens (tertiary/aromatic N) is 1. The van der Waals surface area contributed by atoms with Crippen molar-refractivity contribution < 1.29 is 23.5 Å². The van der Waals surface area contributed by atoms with Crippen molar-refractivity contribution >= 4 is 23.0 Å². The largest absolute Gasteiger partial charge is 0.489 e. The van der Waals surface area contributed by atoms with Gasteiger partial charge in [0, 0.05) is 24.5 Å². The first-order chi connectivity index (χ1) is 17.2. The van der Waals surface area contributed by atoms with Crippen LogP contribution in [0.25, 0.3) is 11.0 Å². The number of aryl methyl sites for hydroxylation is 1. The Morgan fingerprint density at radius 1 is 1.06 bits per heavy atom. The Labute approximate surface area is 211 Å². The second-order valence-electron chi connectivity index (χ2n) is 11.0. The third-order valence-electron chi connectivity index (χ3n) is 7.05. The van der Waals surface area contributed by atoms with Crippen molar-refractivity contribution in [2.75, 3.05) is 13.1 Å². The molecular formula is C29H34N2O5. The summed E-state index contributed by atoms with van der Waals surface area (Å²) in [5.41, 5.74) is 1.81. The van der Waals surface area contributed by atoms with Crippen molar-refractivity contribution in [1.82, 2.24) is 10.2 Å². The van der Waals surface area contributed by atoms with Crippen LogP contribution in [0.1, 0.15) is 55.3 Å². The molecule has 0 radical (unpaired) electrons. The number of nitrogens with one attached hydrogen (secondary N) is 1. The van der Waals surface area contributed by atoms with Crippen LogP contribution in [0.15, 0.2) is 52.9 Å². The lowest BCUT2D eigenvalue weighted by Gasteiger charge is -2.25. The van der Waals surface area contributed by atoms with Crippen LogP contribution in [0.5, 0.6) is 5.75 Å². The summed E-state index contributed by atoms with van der Waals surface area (Å²) in [5, 5.41) is 3.98. The number of ether oxygens (including phenoxy) is 2. The number of fused-ring (bicyclic) bond motifs is 2. The van der Waals surface area contributed by atoms with Gasteiger partial charge in [-0.1, -0.05) is 30.3 Å². The quantitative estimate of drug-likeness (QED) is 0.497. The minimum atomic E-state index is -0.497. The first kappa shape index (κ1) is 24.2. The Bertz CT molecular complexity index is 1250. The van der Waals surface area contributed by atoms with Gasteiger partial charge < -0.3 is 24.1 Å². The third-order valence-corrected chi connectivity index (χ3v) is 7.05. The van der Waals surface area contributed by atoms with E-state index in [2.05, 4.69) is 5.32 Å². The number of amides is 2. The van der Waals surface area contributed by atoms with Crippen molar-refractivity contribution in [2.24, 2.45) is 11.8 Å². The zero-order chi connectivity index (χ0) is 25.4. The molecular weight excluding hydrogens is 456 g/mol. The summed E-state index contributed by atoms with van der Waals surface area (Å²) < 4.78 is 17.4. The Morgan fingerprint density at radius 2 is 1.75 bits per heavy atom. The van der Waals surface area contributed by atoms with Crippen LogP contribution >= 0.6 is 0 Å². The van der Waals surface area contributed by atoms with E-state index in [1.807, 2.05) is 81.1 Å². The summed E-state index contributed by atoms with van der Waals surface area (Å²) in [5.74, 6) is 1.92. The van der Waals surface area contributed by atoms with Gasteiger partial charge in [0.25, 0.3) is 5.91 Å². The van der Waals surface area contributed by atoms with Gasteiger partial charge in [-0.05, 0) is 76.1 Å². The zero-order valence-corrected chi connectivity index (χ0v) is 21.4. The summed E-state index contributed by atoms with van der Waals surface area (Å²) in [6, 6.07) is 15.7. The molecule has 7 heteroatoms. The number of hydrogen-bond acceptors (Lipinski definition) is 5. The van der Waals surface area contributed by atoms with Crippen LogP contribution in [0.4, 0.5) is 4.79 Å². The number of likely N-dealkylation sites (tertiary alicyclic amines) is 1. The van der Waals surface area contributed by atoms with Crippen molar-refractivity contribution in [1.29, 1.82) is 0 Å². The lowest BCUT2D eigenvalue weighted by atomic mass is 10.0. The highest BCUT2D eigenvalue weighted by Gasteiger charge is 2.44. The lowest BCUT2D eigenvalue weighted by Crippen LogP contribution is -2.38. The molecule has 2 heterocycles. The van der Waals surface area contributed by atoms with Gasteiger partial charge in [0.2, 0.25) is 0 Å². The molecule has 3 aromatic rings. The van der Waals surface area contributed by atoms with E-state index in [-0.39, 0.29) is 18.0 Å². The zero-order valence-electron chi connectivity index (χ0n) is 21.4. The molecule has 2 amide bonds. The maximum absolute atomic E-state index is 13.3. The molecule has 0 spiro atoms. The summed E-state index contributed by atoms with van der Waals surface area (Å²) in [7, 11) is 0. The van der Waals surface area contributed by atoms with Gasteiger partial charge in [-0.15, -0.1) is 0 Å². The first-order valence-electron chi connectivity index (χ1n) is 12.6. The average Bonchev–Trinajstić information content (AvgIpc) is 3.47. The second kappa shape index (κ2) is 9.52. The molecule has 5 rings (SSSR count). The van der Waals surface area contributed by atoms with Crippen molar-refractivity contribution in [3.05, 3.63) is 65.4 Å². The van der Waals surface area contributed by atoms with Crippen LogP contribution < -0.4 is 10.1 Å². The van der Waals surface area contributed by atoms with Gasteiger partial charge in [0.1, 0.15) is 29.3 Å². The molecule has 2 aromatic carbocycles. The highest BCUT2D eigenvalue weighted by molar-refractivity contribution is 6.07. The van der Waals surface area contributed by atoms with Crippen LogP contribution in [0.3, 0.4) is 0 Å². The SMILES string of the molecule is Cc1oc2ccc(OCc3ccccc3)cc2c1C(=O)N[C@H]1C[C@@H]2CN(C(=O)OC(C)(C)C)C[C@@H]2C1. The standard InChI is InChI=1S/C29H34N2O5/c1-18-26(24-14-23(10-11-25(24)35-18)34-17-19-8-6-5-7-9-19)27(32)30-22-12-20-15-31(16-21(20)13-22)28(33)36-29(2,3)4/h5-11,14,20-22H,12-13,15-17H2,1-4H3,(H,30,32)/t20-,21+,22+. The molecule has 2 fully saturated rings. The van der Waals surface area contributed by atoms with E-state index < -0.39 is 5.60 Å². The van der Waals surface area contributed by atoms with Crippen LogP contribution in [-0.2, 0) is 11.3 Å². The van der Waals surface area contributed by atoms with Gasteiger partial charge in [0.05, 0.1) is 5.56 Å². The number of carbonyl (C=O) groups is 2. The summed E-state index contributed by atoms with van der Waals surface area (Å²) >= 11 is 0.